The number of rotatable bonds is 6. The van der Waals surface area contributed by atoms with E-state index in [2.05, 4.69) is 0 Å². The zero-order chi connectivity index (χ0) is 15.2. The predicted molar refractivity (Wildman–Crippen MR) is 77.9 cm³/mol. The number of furan rings is 1. The van der Waals surface area contributed by atoms with Crippen molar-refractivity contribution in [3.05, 3.63) is 23.7 Å². The second-order valence-electron chi connectivity index (χ2n) is 5.79. The molecule has 0 aromatic carbocycles. The van der Waals surface area contributed by atoms with Crippen LogP contribution in [-0.2, 0) is 16.0 Å². The fourth-order valence-corrected chi connectivity index (χ4v) is 2.86. The number of piperidine rings is 1. The summed E-state index contributed by atoms with van der Waals surface area (Å²) < 4.78 is 5.47. The Hall–Kier alpha value is -1.78. The Morgan fingerprint density at radius 2 is 2.19 bits per heavy atom. The molecule has 1 N–H and O–H groups in total. The van der Waals surface area contributed by atoms with Crippen LogP contribution in [0.4, 0.5) is 0 Å². The van der Waals surface area contributed by atoms with E-state index < -0.39 is 5.97 Å². The number of carbonyl (C=O) groups is 2. The van der Waals surface area contributed by atoms with Crippen molar-refractivity contribution in [3.8, 4) is 0 Å². The van der Waals surface area contributed by atoms with Crippen LogP contribution >= 0.6 is 0 Å². The highest BCUT2D eigenvalue weighted by molar-refractivity contribution is 5.76. The van der Waals surface area contributed by atoms with Gasteiger partial charge in [0.15, 0.2) is 0 Å². The lowest BCUT2D eigenvalue weighted by Crippen LogP contribution is -2.40. The summed E-state index contributed by atoms with van der Waals surface area (Å²) in [7, 11) is 0. The quantitative estimate of drug-likeness (QED) is 0.875. The summed E-state index contributed by atoms with van der Waals surface area (Å²) in [4.78, 5) is 24.7. The van der Waals surface area contributed by atoms with Gasteiger partial charge in [0, 0.05) is 32.4 Å². The second-order valence-corrected chi connectivity index (χ2v) is 5.79. The Bertz CT molecular complexity index is 494. The molecule has 5 heteroatoms. The van der Waals surface area contributed by atoms with Crippen molar-refractivity contribution in [1.29, 1.82) is 0 Å². The molecule has 1 amide bonds. The summed E-state index contributed by atoms with van der Waals surface area (Å²) in [5, 5.41) is 8.74. The van der Waals surface area contributed by atoms with Gasteiger partial charge in [-0.15, -0.1) is 0 Å². The number of carboxylic acid groups (broad SMARTS) is 1. The van der Waals surface area contributed by atoms with Crippen LogP contribution < -0.4 is 0 Å². The summed E-state index contributed by atoms with van der Waals surface area (Å²) in [5.41, 5.74) is 0. The molecule has 1 aliphatic heterocycles. The van der Waals surface area contributed by atoms with Gasteiger partial charge in [0.2, 0.25) is 5.91 Å². The molecule has 21 heavy (non-hydrogen) atoms. The van der Waals surface area contributed by atoms with Crippen molar-refractivity contribution in [1.82, 2.24) is 4.90 Å². The van der Waals surface area contributed by atoms with Crippen LogP contribution in [0.15, 0.2) is 16.5 Å². The van der Waals surface area contributed by atoms with Crippen LogP contribution in [0.1, 0.15) is 43.6 Å². The minimum Gasteiger partial charge on any atom is -0.481 e. The van der Waals surface area contributed by atoms with Crippen molar-refractivity contribution in [2.75, 3.05) is 13.1 Å². The van der Waals surface area contributed by atoms with Gasteiger partial charge in [-0.1, -0.05) is 0 Å². The average molecular weight is 293 g/mol. The molecule has 116 valence electrons. The van der Waals surface area contributed by atoms with E-state index in [1.807, 2.05) is 24.0 Å². The molecule has 2 heterocycles. The standard InChI is InChI=1S/C16H23NO4/c1-12-4-6-14(21-12)7-8-15(18)17-10-2-3-13(11-17)5-9-16(19)20/h4,6,13H,2-3,5,7-11H2,1H3,(H,19,20). The minimum atomic E-state index is -0.758. The third-order valence-electron chi connectivity index (χ3n) is 4.02. The number of hydrogen-bond donors (Lipinski definition) is 1. The summed E-state index contributed by atoms with van der Waals surface area (Å²) >= 11 is 0. The molecule has 0 bridgehead atoms. The molecule has 1 aromatic rings. The van der Waals surface area contributed by atoms with Crippen LogP contribution in [0.25, 0.3) is 0 Å². The van der Waals surface area contributed by atoms with E-state index in [0.717, 1.165) is 30.9 Å². The van der Waals surface area contributed by atoms with Crippen molar-refractivity contribution in [2.24, 2.45) is 5.92 Å². The molecule has 1 saturated heterocycles. The molecule has 0 spiro atoms. The highest BCUT2D eigenvalue weighted by Crippen LogP contribution is 2.22. The molecule has 2 rings (SSSR count). The molecule has 0 saturated carbocycles. The van der Waals surface area contributed by atoms with Crippen molar-refractivity contribution >= 4 is 11.9 Å². The van der Waals surface area contributed by atoms with E-state index in [1.54, 1.807) is 0 Å². The molecule has 1 aliphatic rings. The zero-order valence-corrected chi connectivity index (χ0v) is 12.5. The molecule has 5 nitrogen and oxygen atoms in total. The number of nitrogens with zero attached hydrogens (tertiary/aromatic N) is 1. The molecule has 1 atom stereocenters. The lowest BCUT2D eigenvalue weighted by atomic mass is 9.93. The van der Waals surface area contributed by atoms with Gasteiger partial charge in [0.1, 0.15) is 11.5 Å². The minimum absolute atomic E-state index is 0.143. The van der Waals surface area contributed by atoms with Crippen molar-refractivity contribution < 1.29 is 19.1 Å². The SMILES string of the molecule is Cc1ccc(CCC(=O)N2CCCC(CCC(=O)O)C2)o1. The number of likely N-dealkylation sites (tertiary alicyclic amines) is 1. The monoisotopic (exact) mass is 293 g/mol. The number of carbonyl (C=O) groups excluding carboxylic acids is 1. The summed E-state index contributed by atoms with van der Waals surface area (Å²) in [6.45, 7) is 3.38. The smallest absolute Gasteiger partial charge is 0.303 e. The van der Waals surface area contributed by atoms with Gasteiger partial charge in [-0.25, -0.2) is 0 Å². The van der Waals surface area contributed by atoms with Crippen LogP contribution in [-0.4, -0.2) is 35.0 Å². The van der Waals surface area contributed by atoms with Gasteiger partial charge >= 0.3 is 5.97 Å². The van der Waals surface area contributed by atoms with Gasteiger partial charge in [0.25, 0.3) is 0 Å². The summed E-state index contributed by atoms with van der Waals surface area (Å²) in [6.07, 6.45) is 3.93. The number of aryl methyl sites for hydroxylation is 2. The molecular weight excluding hydrogens is 270 g/mol. The topological polar surface area (TPSA) is 70.8 Å². The van der Waals surface area contributed by atoms with Gasteiger partial charge in [0.05, 0.1) is 0 Å². The van der Waals surface area contributed by atoms with E-state index in [4.69, 9.17) is 9.52 Å². The number of amides is 1. The molecular formula is C16H23NO4. The maximum atomic E-state index is 12.2. The Kier molecular flexibility index (Phi) is 5.42. The second kappa shape index (κ2) is 7.29. The van der Waals surface area contributed by atoms with Crippen molar-refractivity contribution in [3.63, 3.8) is 0 Å². The van der Waals surface area contributed by atoms with Crippen LogP contribution in [0, 0.1) is 12.8 Å². The van der Waals surface area contributed by atoms with E-state index in [9.17, 15) is 9.59 Å². The Balaban J connectivity index is 1.77. The van der Waals surface area contributed by atoms with E-state index in [0.29, 0.717) is 31.7 Å². The molecule has 1 aromatic heterocycles. The van der Waals surface area contributed by atoms with Crippen LogP contribution in [0.3, 0.4) is 0 Å². The van der Waals surface area contributed by atoms with E-state index in [-0.39, 0.29) is 12.3 Å². The number of carboxylic acids is 1. The lowest BCUT2D eigenvalue weighted by Gasteiger charge is -2.32. The largest absolute Gasteiger partial charge is 0.481 e. The first-order chi connectivity index (χ1) is 10.0. The van der Waals surface area contributed by atoms with Gasteiger partial charge in [-0.3, -0.25) is 9.59 Å². The fraction of sp³-hybridized carbons (Fsp3) is 0.625. The van der Waals surface area contributed by atoms with Gasteiger partial charge in [-0.05, 0) is 44.2 Å². The predicted octanol–water partition coefficient (Wildman–Crippen LogP) is 2.62. The maximum absolute atomic E-state index is 12.2. The van der Waals surface area contributed by atoms with E-state index >= 15 is 0 Å². The third-order valence-corrected chi connectivity index (χ3v) is 4.02. The van der Waals surface area contributed by atoms with E-state index in [1.165, 1.54) is 0 Å². The normalized spacial score (nSPS) is 18.7. The Labute approximate surface area is 124 Å². The highest BCUT2D eigenvalue weighted by Gasteiger charge is 2.23. The first kappa shape index (κ1) is 15.6. The molecule has 1 unspecified atom stereocenters. The Morgan fingerprint density at radius 3 is 2.86 bits per heavy atom. The van der Waals surface area contributed by atoms with Crippen LogP contribution in [0.5, 0.6) is 0 Å². The highest BCUT2D eigenvalue weighted by atomic mass is 16.4. The maximum Gasteiger partial charge on any atom is 0.303 e. The van der Waals surface area contributed by atoms with Gasteiger partial charge in [-0.2, -0.15) is 0 Å². The summed E-state index contributed by atoms with van der Waals surface area (Å²) in [6, 6.07) is 3.82. The fourth-order valence-electron chi connectivity index (χ4n) is 2.86. The van der Waals surface area contributed by atoms with Crippen LogP contribution in [0.2, 0.25) is 0 Å². The first-order valence-corrected chi connectivity index (χ1v) is 7.59. The Morgan fingerprint density at radius 1 is 1.38 bits per heavy atom. The average Bonchev–Trinajstić information content (AvgIpc) is 2.88. The first-order valence-electron chi connectivity index (χ1n) is 7.59. The molecule has 1 fully saturated rings. The summed E-state index contributed by atoms with van der Waals surface area (Å²) in [5.74, 6) is 1.42. The molecule has 0 radical (unpaired) electrons. The number of hydrogen-bond acceptors (Lipinski definition) is 3. The lowest BCUT2D eigenvalue weighted by molar-refractivity contribution is -0.137. The molecule has 0 aliphatic carbocycles. The number of aliphatic carboxylic acids is 1. The van der Waals surface area contributed by atoms with Crippen molar-refractivity contribution in [2.45, 2.75) is 45.4 Å². The van der Waals surface area contributed by atoms with Gasteiger partial charge < -0.3 is 14.4 Å². The zero-order valence-electron chi connectivity index (χ0n) is 12.5. The third kappa shape index (κ3) is 4.92.